The van der Waals surface area contributed by atoms with E-state index in [1.807, 2.05) is 18.2 Å². The molecule has 0 saturated carbocycles. The van der Waals surface area contributed by atoms with Gasteiger partial charge in [0.1, 0.15) is 4.90 Å². The molecule has 2 aliphatic rings. The van der Waals surface area contributed by atoms with Crippen molar-refractivity contribution in [2.45, 2.75) is 63.3 Å². The Kier molecular flexibility index (Phi) is 5.53. The first-order valence-electron chi connectivity index (χ1n) is 10.5. The number of H-pyrrole nitrogens is 1. The number of nitrogens with one attached hydrogen (secondary N) is 2. The molecule has 1 aliphatic heterocycles. The van der Waals surface area contributed by atoms with Gasteiger partial charge in [0.25, 0.3) is 5.91 Å². The lowest BCUT2D eigenvalue weighted by molar-refractivity contribution is 0.0720. The molecule has 29 heavy (non-hydrogen) atoms. The molecule has 4 rings (SSSR count). The Labute approximate surface area is 172 Å². The van der Waals surface area contributed by atoms with E-state index in [-0.39, 0.29) is 16.8 Å². The summed E-state index contributed by atoms with van der Waals surface area (Å²) in [5.41, 5.74) is 3.65. The molecule has 1 aliphatic carbocycles. The molecule has 1 aromatic carbocycles. The SMILES string of the molecule is Cc1[nH]c(C)c(S(=O)(=O)N[C@@H]2CCCc3ccccc32)c1C(=O)N1CCCCC1. The van der Waals surface area contributed by atoms with Crippen molar-refractivity contribution in [2.24, 2.45) is 0 Å². The van der Waals surface area contributed by atoms with Gasteiger partial charge in [-0.15, -0.1) is 0 Å². The molecule has 6 nitrogen and oxygen atoms in total. The van der Waals surface area contributed by atoms with Gasteiger partial charge in [-0.05, 0) is 63.5 Å². The second-order valence-corrected chi connectivity index (χ2v) is 9.85. The smallest absolute Gasteiger partial charge is 0.257 e. The lowest BCUT2D eigenvalue weighted by Gasteiger charge is -2.28. The summed E-state index contributed by atoms with van der Waals surface area (Å²) in [5.74, 6) is -0.184. The summed E-state index contributed by atoms with van der Waals surface area (Å²) in [5, 5.41) is 0. The lowest BCUT2D eigenvalue weighted by Crippen LogP contribution is -2.37. The van der Waals surface area contributed by atoms with E-state index in [1.165, 1.54) is 5.56 Å². The maximum atomic E-state index is 13.5. The fourth-order valence-corrected chi connectivity index (χ4v) is 6.43. The van der Waals surface area contributed by atoms with Crippen molar-refractivity contribution >= 4 is 15.9 Å². The summed E-state index contributed by atoms with van der Waals surface area (Å²) < 4.78 is 29.8. The Bertz CT molecular complexity index is 1020. The number of carbonyl (C=O) groups excluding carboxylic acids is 1. The normalized spacial score (nSPS) is 19.8. The Morgan fingerprint density at radius 2 is 1.79 bits per heavy atom. The fraction of sp³-hybridized carbons (Fsp3) is 0.500. The predicted octanol–water partition coefficient (Wildman–Crippen LogP) is 3.61. The summed E-state index contributed by atoms with van der Waals surface area (Å²) in [6.45, 7) is 4.87. The zero-order valence-corrected chi connectivity index (χ0v) is 17.9. The number of aromatic nitrogens is 1. The van der Waals surface area contributed by atoms with Crippen LogP contribution in [0.15, 0.2) is 29.2 Å². The van der Waals surface area contributed by atoms with Crippen LogP contribution in [0.25, 0.3) is 0 Å². The van der Waals surface area contributed by atoms with E-state index in [9.17, 15) is 13.2 Å². The number of hydrogen-bond acceptors (Lipinski definition) is 3. The van der Waals surface area contributed by atoms with Gasteiger partial charge in [0.15, 0.2) is 0 Å². The first-order chi connectivity index (χ1) is 13.9. The fourth-order valence-electron chi connectivity index (χ4n) is 4.73. The van der Waals surface area contributed by atoms with Gasteiger partial charge in [0.2, 0.25) is 10.0 Å². The van der Waals surface area contributed by atoms with Gasteiger partial charge in [0, 0.05) is 30.5 Å². The van der Waals surface area contributed by atoms with Crippen LogP contribution in [0, 0.1) is 13.8 Å². The number of hydrogen-bond donors (Lipinski definition) is 2. The molecule has 7 heteroatoms. The highest BCUT2D eigenvalue weighted by molar-refractivity contribution is 7.89. The molecule has 2 N–H and O–H groups in total. The zero-order valence-electron chi connectivity index (χ0n) is 17.1. The van der Waals surface area contributed by atoms with Crippen molar-refractivity contribution in [1.82, 2.24) is 14.6 Å². The number of fused-ring (bicyclic) bond motifs is 1. The Balaban J connectivity index is 1.68. The van der Waals surface area contributed by atoms with Crippen molar-refractivity contribution < 1.29 is 13.2 Å². The minimum absolute atomic E-state index is 0.105. The van der Waals surface area contributed by atoms with Gasteiger partial charge < -0.3 is 9.88 Å². The van der Waals surface area contributed by atoms with Gasteiger partial charge >= 0.3 is 0 Å². The minimum Gasteiger partial charge on any atom is -0.361 e. The lowest BCUT2D eigenvalue weighted by atomic mass is 9.88. The molecule has 0 spiro atoms. The van der Waals surface area contributed by atoms with Crippen molar-refractivity contribution in [3.63, 3.8) is 0 Å². The second-order valence-electron chi connectivity index (χ2n) is 8.20. The van der Waals surface area contributed by atoms with Crippen molar-refractivity contribution in [1.29, 1.82) is 0 Å². The third kappa shape index (κ3) is 3.85. The monoisotopic (exact) mass is 415 g/mol. The van der Waals surface area contributed by atoms with E-state index < -0.39 is 10.0 Å². The van der Waals surface area contributed by atoms with E-state index in [1.54, 1.807) is 18.7 Å². The van der Waals surface area contributed by atoms with Crippen LogP contribution < -0.4 is 4.72 Å². The van der Waals surface area contributed by atoms with Gasteiger partial charge in [-0.25, -0.2) is 13.1 Å². The third-order valence-electron chi connectivity index (χ3n) is 6.11. The molecular weight excluding hydrogens is 386 g/mol. The van der Waals surface area contributed by atoms with Gasteiger partial charge in [-0.1, -0.05) is 24.3 Å². The molecule has 1 amide bonds. The standard InChI is InChI=1S/C22H29N3O3S/c1-15-20(22(26)25-13-6-3-7-14-25)21(16(2)23-15)29(27,28)24-19-12-8-10-17-9-4-5-11-18(17)19/h4-5,9,11,19,23-24H,3,6-8,10,12-14H2,1-2H3/t19-/m1/s1. The Hall–Kier alpha value is -2.12. The molecule has 1 fully saturated rings. The van der Waals surface area contributed by atoms with Crippen LogP contribution in [0.5, 0.6) is 0 Å². The number of nitrogens with zero attached hydrogens (tertiary/aromatic N) is 1. The molecule has 1 saturated heterocycles. The number of aryl methyl sites for hydroxylation is 3. The quantitative estimate of drug-likeness (QED) is 0.800. The number of amides is 1. The average molecular weight is 416 g/mol. The number of carbonyl (C=O) groups is 1. The molecule has 1 aromatic heterocycles. The first-order valence-corrected chi connectivity index (χ1v) is 12.0. The van der Waals surface area contributed by atoms with E-state index in [0.717, 1.165) is 44.1 Å². The van der Waals surface area contributed by atoms with Crippen LogP contribution >= 0.6 is 0 Å². The molecule has 156 valence electrons. The largest absolute Gasteiger partial charge is 0.361 e. The number of likely N-dealkylation sites (tertiary alicyclic amines) is 1. The summed E-state index contributed by atoms with van der Waals surface area (Å²) in [6, 6.07) is 7.73. The van der Waals surface area contributed by atoms with E-state index in [2.05, 4.69) is 15.8 Å². The van der Waals surface area contributed by atoms with Crippen LogP contribution in [-0.2, 0) is 16.4 Å². The number of aromatic amines is 1. The van der Waals surface area contributed by atoms with Gasteiger partial charge in [-0.2, -0.15) is 0 Å². The van der Waals surface area contributed by atoms with E-state index >= 15 is 0 Å². The molecular formula is C22H29N3O3S. The summed E-state index contributed by atoms with van der Waals surface area (Å²) in [6.07, 6.45) is 5.71. The van der Waals surface area contributed by atoms with Crippen LogP contribution in [0.4, 0.5) is 0 Å². The number of piperidine rings is 1. The zero-order chi connectivity index (χ0) is 20.6. The van der Waals surface area contributed by atoms with Crippen LogP contribution in [-0.4, -0.2) is 37.3 Å². The highest BCUT2D eigenvalue weighted by Crippen LogP contribution is 2.33. The molecule has 2 aromatic rings. The van der Waals surface area contributed by atoms with Crippen molar-refractivity contribution in [3.8, 4) is 0 Å². The number of rotatable bonds is 4. The minimum atomic E-state index is -3.86. The summed E-state index contributed by atoms with van der Waals surface area (Å²) in [7, 11) is -3.86. The van der Waals surface area contributed by atoms with Crippen molar-refractivity contribution in [3.05, 3.63) is 52.3 Å². The Morgan fingerprint density at radius 1 is 1.07 bits per heavy atom. The first kappa shape index (κ1) is 20.2. The van der Waals surface area contributed by atoms with Crippen molar-refractivity contribution in [2.75, 3.05) is 13.1 Å². The van der Waals surface area contributed by atoms with Crippen LogP contribution in [0.1, 0.15) is 71.0 Å². The summed E-state index contributed by atoms with van der Waals surface area (Å²) in [4.78, 5) is 18.2. The highest BCUT2D eigenvalue weighted by atomic mass is 32.2. The van der Waals surface area contributed by atoms with Gasteiger partial charge in [0.05, 0.1) is 5.56 Å². The second kappa shape index (κ2) is 7.95. The molecule has 0 radical (unpaired) electrons. The maximum Gasteiger partial charge on any atom is 0.257 e. The van der Waals surface area contributed by atoms with Crippen LogP contribution in [0.2, 0.25) is 0 Å². The summed E-state index contributed by atoms with van der Waals surface area (Å²) >= 11 is 0. The Morgan fingerprint density at radius 3 is 2.55 bits per heavy atom. The van der Waals surface area contributed by atoms with E-state index in [4.69, 9.17) is 0 Å². The number of benzene rings is 1. The average Bonchev–Trinajstić information content (AvgIpc) is 3.03. The van der Waals surface area contributed by atoms with Crippen LogP contribution in [0.3, 0.4) is 0 Å². The number of sulfonamides is 1. The predicted molar refractivity (Wildman–Crippen MR) is 112 cm³/mol. The highest BCUT2D eigenvalue weighted by Gasteiger charge is 2.34. The molecule has 2 heterocycles. The molecule has 1 atom stereocenters. The topological polar surface area (TPSA) is 82.3 Å². The maximum absolute atomic E-state index is 13.5. The molecule has 0 bridgehead atoms. The third-order valence-corrected chi connectivity index (χ3v) is 7.75. The van der Waals surface area contributed by atoms with E-state index in [0.29, 0.717) is 30.0 Å². The molecule has 0 unspecified atom stereocenters. The van der Waals surface area contributed by atoms with Gasteiger partial charge in [-0.3, -0.25) is 4.79 Å².